The lowest BCUT2D eigenvalue weighted by molar-refractivity contribution is -0.911. The third-order valence-corrected chi connectivity index (χ3v) is 6.32. The average Bonchev–Trinajstić information content (AvgIpc) is 3.90. The van der Waals surface area contributed by atoms with Crippen LogP contribution in [0.15, 0.2) is 73.1 Å². The molecule has 0 atom stereocenters. The van der Waals surface area contributed by atoms with Gasteiger partial charge in [-0.2, -0.15) is 4.73 Å². The summed E-state index contributed by atoms with van der Waals surface area (Å²) in [6.45, 7) is 0. The van der Waals surface area contributed by atoms with Gasteiger partial charge in [0.2, 0.25) is 6.20 Å². The molecule has 288 valence electrons. The van der Waals surface area contributed by atoms with Crippen molar-refractivity contribution in [3.05, 3.63) is 78.3 Å². The molecule has 4 N–H and O–H groups in total. The number of nitrogens with one attached hydrogen (secondary N) is 1. The molecule has 5 heterocycles. The van der Waals surface area contributed by atoms with E-state index >= 15 is 0 Å². The molecule has 0 bridgehead atoms. The van der Waals surface area contributed by atoms with E-state index in [0.29, 0.717) is 43.3 Å². The summed E-state index contributed by atoms with van der Waals surface area (Å²) in [4.78, 5) is 24.5. The molecule has 8 rings (SSSR count). The van der Waals surface area contributed by atoms with Crippen LogP contribution in [-0.4, -0.2) is 99.5 Å². The van der Waals surface area contributed by atoms with E-state index in [4.69, 9.17) is 24.5 Å². The number of phenolic OH excluding ortho intramolecular Hbond substituents is 3. The van der Waals surface area contributed by atoms with Gasteiger partial charge in [-0.3, -0.25) is 0 Å². The maximum atomic E-state index is 10.8. The average molecular weight is 743 g/mol. The molecule has 0 saturated carbocycles. The minimum absolute atomic E-state index is 0. The van der Waals surface area contributed by atoms with Crippen molar-refractivity contribution in [1.29, 1.82) is 0 Å². The predicted octanol–water partition coefficient (Wildman–Crippen LogP) is 2.31. The van der Waals surface area contributed by atoms with Gasteiger partial charge in [-0.1, -0.05) is 63.8 Å². The van der Waals surface area contributed by atoms with Crippen LogP contribution >= 0.6 is 0 Å². The Morgan fingerprint density at radius 1 is 0.660 bits per heavy atom. The Morgan fingerprint density at radius 3 is 1.94 bits per heavy atom. The zero-order chi connectivity index (χ0) is 34.2. The SMILES string of the molecule is C.C.C.C.C.CO[n+]1[nH]nc2c[n+]([O-])ccc21.COn1nnc2c(O)cccc21.COn1nnc2ccc(O)cc21.COn1nnc2cccc(O)c21. The Balaban J connectivity index is 0.000000660. The summed E-state index contributed by atoms with van der Waals surface area (Å²) in [5, 5.41) is 67.4. The maximum Gasteiger partial charge on any atom is 0.317 e. The van der Waals surface area contributed by atoms with Gasteiger partial charge >= 0.3 is 5.52 Å². The molecular weight excluding hydrogens is 694 g/mol. The number of H-pyrrole nitrogens is 1. The Bertz CT molecular complexity index is 2280. The third kappa shape index (κ3) is 9.96. The topological polar surface area (TPSA) is 249 Å². The number of hydrogen-bond donors (Lipinski definition) is 4. The Kier molecular flexibility index (Phi) is 17.7. The number of rotatable bonds is 4. The smallest absolute Gasteiger partial charge is 0.317 e. The highest BCUT2D eigenvalue weighted by Crippen LogP contribution is 2.21. The number of aromatic hydroxyl groups is 3. The standard InChI is InChI=1S/3C7H7N3O2.C6H6N4O2.5CH4/c1-12-10-7-4-5(11)2-3-6(7)8-9-10;1-12-10-5-3-2-4-6(11)7(5)8-9-10;1-12-10-7-5(8-9-10)3-2-4-6(7)11;1-12-10-6-2-3-9(11)4-5(6)7-8-10;;;;;/h3*2-4,11H,1H3;2-4H,1H3;5*1H4/p+1. The van der Waals surface area contributed by atoms with Gasteiger partial charge in [-0.05, 0) is 57.3 Å². The molecule has 0 aliphatic rings. The number of pyridine rings is 1. The summed E-state index contributed by atoms with van der Waals surface area (Å²) in [7, 11) is 5.94. The van der Waals surface area contributed by atoms with Crippen molar-refractivity contribution in [2.45, 2.75) is 37.1 Å². The molecule has 0 aliphatic heterocycles. The minimum Gasteiger partial charge on any atom is -0.619 e. The minimum atomic E-state index is 0. The summed E-state index contributed by atoms with van der Waals surface area (Å²) in [5.74, 6) is 0.387. The molecule has 5 aromatic heterocycles. The fraction of sp³-hybridized carbons (Fsp3) is 0.281. The molecule has 3 aromatic carbocycles. The molecule has 8 aromatic rings. The van der Waals surface area contributed by atoms with E-state index in [2.05, 4.69) is 41.2 Å². The van der Waals surface area contributed by atoms with Crippen LogP contribution in [0.1, 0.15) is 37.1 Å². The Morgan fingerprint density at radius 2 is 1.26 bits per heavy atom. The van der Waals surface area contributed by atoms with Crippen LogP contribution in [0.25, 0.3) is 44.1 Å². The van der Waals surface area contributed by atoms with Crippen LogP contribution in [0.5, 0.6) is 17.2 Å². The van der Waals surface area contributed by atoms with Crippen LogP contribution in [0.4, 0.5) is 0 Å². The van der Waals surface area contributed by atoms with Gasteiger partial charge in [-0.25, -0.2) is 0 Å². The van der Waals surface area contributed by atoms with Crippen molar-refractivity contribution in [1.82, 2.24) is 55.8 Å². The van der Waals surface area contributed by atoms with Gasteiger partial charge in [-0.15, -0.1) is 15.3 Å². The first-order valence-electron chi connectivity index (χ1n) is 13.6. The van der Waals surface area contributed by atoms with Crippen LogP contribution in [0.2, 0.25) is 0 Å². The summed E-state index contributed by atoms with van der Waals surface area (Å²) < 4.78 is 0.684. The molecule has 21 nitrogen and oxygen atoms in total. The van der Waals surface area contributed by atoms with Gasteiger partial charge in [0, 0.05) is 10.9 Å². The lowest BCUT2D eigenvalue weighted by atomic mass is 10.3. The van der Waals surface area contributed by atoms with E-state index in [1.54, 1.807) is 60.7 Å². The van der Waals surface area contributed by atoms with Crippen molar-refractivity contribution in [3.8, 4) is 17.2 Å². The van der Waals surface area contributed by atoms with E-state index in [1.807, 2.05) is 0 Å². The number of benzene rings is 3. The molecule has 21 heteroatoms. The summed E-state index contributed by atoms with van der Waals surface area (Å²) in [6, 6.07) is 16.4. The van der Waals surface area contributed by atoms with Crippen molar-refractivity contribution in [3.63, 3.8) is 0 Å². The summed E-state index contributed by atoms with van der Waals surface area (Å²) in [5.41, 5.74) is 4.82. The molecule has 53 heavy (non-hydrogen) atoms. The molecule has 0 amide bonds. The second kappa shape index (κ2) is 20.5. The van der Waals surface area contributed by atoms with Crippen LogP contribution in [0, 0.1) is 5.21 Å². The van der Waals surface area contributed by atoms with Crippen LogP contribution in [0.3, 0.4) is 0 Å². The number of phenols is 3. The van der Waals surface area contributed by atoms with Crippen molar-refractivity contribution in [2.75, 3.05) is 28.4 Å². The predicted molar refractivity (Wildman–Crippen MR) is 196 cm³/mol. The number of fused-ring (bicyclic) bond motifs is 4. The van der Waals surface area contributed by atoms with E-state index in [1.165, 1.54) is 60.2 Å². The number of aromatic amines is 1. The lowest BCUT2D eigenvalue weighted by Crippen LogP contribution is -2.43. The second-order valence-corrected chi connectivity index (χ2v) is 9.16. The normalized spacial score (nSPS) is 9.43. The number of hydrogen-bond acceptors (Lipinski definition) is 15. The van der Waals surface area contributed by atoms with Gasteiger partial charge in [0.1, 0.15) is 67.8 Å². The highest BCUT2D eigenvalue weighted by Gasteiger charge is 2.15. The Hall–Kier alpha value is -7.19. The first-order chi connectivity index (χ1) is 23.3. The van der Waals surface area contributed by atoms with Crippen LogP contribution in [-0.2, 0) is 0 Å². The number of aromatic nitrogens is 13. The second-order valence-electron chi connectivity index (χ2n) is 9.16. The van der Waals surface area contributed by atoms with E-state index in [9.17, 15) is 15.4 Å². The van der Waals surface area contributed by atoms with Gasteiger partial charge in [0.15, 0.2) is 17.2 Å². The molecule has 0 aliphatic carbocycles. The highest BCUT2D eigenvalue weighted by molar-refractivity contribution is 5.81. The van der Waals surface area contributed by atoms with Crippen molar-refractivity contribution >= 4 is 44.1 Å². The molecule has 0 saturated heterocycles. The third-order valence-electron chi connectivity index (χ3n) is 6.32. The monoisotopic (exact) mass is 742 g/mol. The first-order valence-corrected chi connectivity index (χ1v) is 13.6. The molecule has 0 fully saturated rings. The summed E-state index contributed by atoms with van der Waals surface area (Å²) >= 11 is 0. The van der Waals surface area contributed by atoms with Crippen molar-refractivity contribution in [2.24, 2.45) is 0 Å². The zero-order valence-corrected chi connectivity index (χ0v) is 25.7. The fourth-order valence-electron chi connectivity index (χ4n) is 4.13. The number of nitrogens with zero attached hydrogens (tertiary/aromatic N) is 12. The van der Waals surface area contributed by atoms with Gasteiger partial charge in [0.05, 0.1) is 11.2 Å². The van der Waals surface area contributed by atoms with E-state index < -0.39 is 0 Å². The first kappa shape index (κ1) is 45.8. The zero-order valence-electron chi connectivity index (χ0n) is 25.7. The van der Waals surface area contributed by atoms with Gasteiger partial charge < -0.3 is 39.9 Å². The molecule has 0 spiro atoms. The molecule has 0 radical (unpaired) electrons. The van der Waals surface area contributed by atoms with Crippen molar-refractivity contribution < 1.29 is 44.2 Å². The highest BCUT2D eigenvalue weighted by atomic mass is 16.7. The largest absolute Gasteiger partial charge is 0.619 e. The van der Waals surface area contributed by atoms with E-state index in [-0.39, 0.29) is 54.4 Å². The lowest BCUT2D eigenvalue weighted by Gasteiger charge is -1.98. The Labute approximate surface area is 305 Å². The number of para-hydroxylation sites is 1. The van der Waals surface area contributed by atoms with Crippen LogP contribution < -0.4 is 28.9 Å². The quantitative estimate of drug-likeness (QED) is 0.149. The fourth-order valence-corrected chi connectivity index (χ4v) is 4.13. The molecular formula is C32H48N13O8+. The van der Waals surface area contributed by atoms with Gasteiger partial charge in [0.25, 0.3) is 5.52 Å². The molecule has 0 unspecified atom stereocenters. The summed E-state index contributed by atoms with van der Waals surface area (Å²) in [6.07, 6.45) is 2.74. The maximum absolute atomic E-state index is 10.8. The van der Waals surface area contributed by atoms with E-state index in [0.717, 1.165) is 5.52 Å².